The summed E-state index contributed by atoms with van der Waals surface area (Å²) in [6.45, 7) is 3.53. The molecule has 0 bridgehead atoms. The number of ether oxygens (including phenoxy) is 1. The van der Waals surface area contributed by atoms with E-state index < -0.39 is 0 Å². The first kappa shape index (κ1) is 13.5. The molecule has 0 spiro atoms. The molecule has 4 nitrogen and oxygen atoms in total. The van der Waals surface area contributed by atoms with Gasteiger partial charge in [-0.05, 0) is 29.9 Å². The molecule has 1 amide bonds. The predicted molar refractivity (Wildman–Crippen MR) is 72.7 cm³/mol. The van der Waals surface area contributed by atoms with E-state index in [1.807, 2.05) is 0 Å². The summed E-state index contributed by atoms with van der Waals surface area (Å²) in [6.07, 6.45) is 1.93. The van der Waals surface area contributed by atoms with Crippen molar-refractivity contribution in [3.63, 3.8) is 0 Å². The van der Waals surface area contributed by atoms with Crippen LogP contribution in [0.25, 0.3) is 0 Å². The molecule has 0 saturated carbocycles. The fraction of sp³-hybridized carbons (Fsp3) is 0.615. The monoisotopic (exact) mass is 268 g/mol. The van der Waals surface area contributed by atoms with Crippen molar-refractivity contribution >= 4 is 17.2 Å². The Morgan fingerprint density at radius 3 is 3.17 bits per heavy atom. The number of aryl methyl sites for hydroxylation is 1. The number of rotatable bonds is 5. The molecule has 0 aromatic carbocycles. The van der Waals surface area contributed by atoms with Crippen molar-refractivity contribution in [2.75, 3.05) is 13.7 Å². The van der Waals surface area contributed by atoms with Gasteiger partial charge < -0.3 is 15.4 Å². The average molecular weight is 268 g/mol. The number of hydrogen-bond acceptors (Lipinski definition) is 4. The minimum absolute atomic E-state index is 0.0741. The summed E-state index contributed by atoms with van der Waals surface area (Å²) in [5.74, 6) is 0.0741. The number of amides is 1. The molecule has 0 radical (unpaired) electrons. The Hall–Kier alpha value is -0.910. The number of thiophene rings is 1. The molecular weight excluding hydrogens is 248 g/mol. The zero-order chi connectivity index (χ0) is 13.0. The molecule has 1 saturated heterocycles. The molecule has 1 aliphatic heterocycles. The first-order valence-corrected chi connectivity index (χ1v) is 7.21. The summed E-state index contributed by atoms with van der Waals surface area (Å²) in [4.78, 5) is 13.2. The first-order valence-electron chi connectivity index (χ1n) is 6.33. The van der Waals surface area contributed by atoms with E-state index >= 15 is 0 Å². The van der Waals surface area contributed by atoms with Crippen molar-refractivity contribution in [3.8, 4) is 0 Å². The molecule has 5 heteroatoms. The third kappa shape index (κ3) is 3.10. The van der Waals surface area contributed by atoms with Gasteiger partial charge in [-0.3, -0.25) is 4.79 Å². The van der Waals surface area contributed by atoms with Crippen molar-refractivity contribution in [2.45, 2.75) is 38.5 Å². The molecular formula is C13H20N2O2S. The molecule has 1 aromatic rings. The molecule has 2 heterocycles. The molecule has 2 rings (SSSR count). The third-order valence-electron chi connectivity index (χ3n) is 3.38. The van der Waals surface area contributed by atoms with Crippen molar-refractivity contribution in [1.29, 1.82) is 0 Å². The molecule has 2 unspecified atom stereocenters. The SMILES string of the molecule is CCc1ccsc1CNC(=O)C1CC(OC)CN1. The smallest absolute Gasteiger partial charge is 0.237 e. The van der Waals surface area contributed by atoms with E-state index in [0.29, 0.717) is 6.54 Å². The molecule has 1 fully saturated rings. The van der Waals surface area contributed by atoms with Gasteiger partial charge in [0.05, 0.1) is 18.7 Å². The van der Waals surface area contributed by atoms with Gasteiger partial charge in [0, 0.05) is 18.5 Å². The highest BCUT2D eigenvalue weighted by atomic mass is 32.1. The molecule has 1 aromatic heterocycles. The van der Waals surface area contributed by atoms with E-state index in [1.54, 1.807) is 18.4 Å². The van der Waals surface area contributed by atoms with Gasteiger partial charge in [0.2, 0.25) is 5.91 Å². The maximum Gasteiger partial charge on any atom is 0.237 e. The summed E-state index contributed by atoms with van der Waals surface area (Å²) in [6, 6.07) is 2.01. The Labute approximate surface area is 112 Å². The van der Waals surface area contributed by atoms with Gasteiger partial charge in [-0.1, -0.05) is 6.92 Å². The normalized spacial score (nSPS) is 23.2. The number of carbonyl (C=O) groups is 1. The van der Waals surface area contributed by atoms with E-state index in [0.717, 1.165) is 19.4 Å². The molecule has 1 aliphatic rings. The van der Waals surface area contributed by atoms with Crippen LogP contribution in [0.15, 0.2) is 11.4 Å². The van der Waals surface area contributed by atoms with E-state index in [4.69, 9.17) is 4.74 Å². The van der Waals surface area contributed by atoms with Crippen LogP contribution in [0.1, 0.15) is 23.8 Å². The lowest BCUT2D eigenvalue weighted by molar-refractivity contribution is -0.123. The molecule has 0 aliphatic carbocycles. The Morgan fingerprint density at radius 1 is 1.67 bits per heavy atom. The Balaban J connectivity index is 1.82. The van der Waals surface area contributed by atoms with Crippen molar-refractivity contribution in [1.82, 2.24) is 10.6 Å². The van der Waals surface area contributed by atoms with Crippen LogP contribution in [0.5, 0.6) is 0 Å². The number of hydrogen-bond donors (Lipinski definition) is 2. The maximum absolute atomic E-state index is 12.0. The van der Waals surface area contributed by atoms with Gasteiger partial charge in [0.25, 0.3) is 0 Å². The van der Waals surface area contributed by atoms with Crippen LogP contribution in [-0.2, 0) is 22.5 Å². The Kier molecular flexibility index (Phi) is 4.74. The van der Waals surface area contributed by atoms with E-state index in [2.05, 4.69) is 29.0 Å². The zero-order valence-electron chi connectivity index (χ0n) is 10.9. The molecule has 2 atom stereocenters. The van der Waals surface area contributed by atoms with Crippen LogP contribution in [0, 0.1) is 0 Å². The van der Waals surface area contributed by atoms with Gasteiger partial charge in [0.1, 0.15) is 0 Å². The maximum atomic E-state index is 12.0. The highest BCUT2D eigenvalue weighted by Gasteiger charge is 2.29. The van der Waals surface area contributed by atoms with Gasteiger partial charge in [-0.25, -0.2) is 0 Å². The highest BCUT2D eigenvalue weighted by molar-refractivity contribution is 7.10. The Morgan fingerprint density at radius 2 is 2.50 bits per heavy atom. The average Bonchev–Trinajstić information content (AvgIpc) is 3.04. The second kappa shape index (κ2) is 6.31. The fourth-order valence-corrected chi connectivity index (χ4v) is 3.13. The second-order valence-corrected chi connectivity index (χ2v) is 5.50. The number of nitrogens with one attached hydrogen (secondary N) is 2. The number of carbonyl (C=O) groups excluding carboxylic acids is 1. The fourth-order valence-electron chi connectivity index (χ4n) is 2.21. The van der Waals surface area contributed by atoms with Crippen LogP contribution in [0.2, 0.25) is 0 Å². The first-order chi connectivity index (χ1) is 8.74. The van der Waals surface area contributed by atoms with E-state index in [9.17, 15) is 4.79 Å². The van der Waals surface area contributed by atoms with E-state index in [-0.39, 0.29) is 18.1 Å². The second-order valence-electron chi connectivity index (χ2n) is 4.49. The lowest BCUT2D eigenvalue weighted by Gasteiger charge is -2.11. The van der Waals surface area contributed by atoms with Crippen molar-refractivity contribution in [3.05, 3.63) is 21.9 Å². The van der Waals surface area contributed by atoms with Gasteiger partial charge in [0.15, 0.2) is 0 Å². The standard InChI is InChI=1S/C13H20N2O2S/c1-3-9-4-5-18-12(9)8-15-13(16)11-6-10(17-2)7-14-11/h4-5,10-11,14H,3,6-8H2,1-2H3,(H,15,16). The summed E-state index contributed by atoms with van der Waals surface area (Å²) in [7, 11) is 1.69. The zero-order valence-corrected chi connectivity index (χ0v) is 11.7. The van der Waals surface area contributed by atoms with Crippen LogP contribution in [0.4, 0.5) is 0 Å². The van der Waals surface area contributed by atoms with Crippen LogP contribution < -0.4 is 10.6 Å². The summed E-state index contributed by atoms with van der Waals surface area (Å²) in [5, 5.41) is 8.26. The topological polar surface area (TPSA) is 50.4 Å². The highest BCUT2D eigenvalue weighted by Crippen LogP contribution is 2.17. The molecule has 100 valence electrons. The Bertz CT molecular complexity index is 405. The predicted octanol–water partition coefficient (Wildman–Crippen LogP) is 1.30. The summed E-state index contributed by atoms with van der Waals surface area (Å²) >= 11 is 1.70. The quantitative estimate of drug-likeness (QED) is 0.846. The number of methoxy groups -OCH3 is 1. The van der Waals surface area contributed by atoms with Gasteiger partial charge in [-0.15, -0.1) is 11.3 Å². The lowest BCUT2D eigenvalue weighted by Crippen LogP contribution is -2.39. The summed E-state index contributed by atoms with van der Waals surface area (Å²) in [5.41, 5.74) is 1.33. The van der Waals surface area contributed by atoms with E-state index in [1.165, 1.54) is 10.4 Å². The minimum Gasteiger partial charge on any atom is -0.380 e. The van der Waals surface area contributed by atoms with Gasteiger partial charge in [-0.2, -0.15) is 0 Å². The van der Waals surface area contributed by atoms with Crippen LogP contribution in [0.3, 0.4) is 0 Å². The molecule has 18 heavy (non-hydrogen) atoms. The molecule has 2 N–H and O–H groups in total. The third-order valence-corrected chi connectivity index (χ3v) is 4.35. The minimum atomic E-state index is -0.111. The van der Waals surface area contributed by atoms with Crippen LogP contribution in [-0.4, -0.2) is 31.7 Å². The summed E-state index contributed by atoms with van der Waals surface area (Å²) < 4.78 is 5.24. The van der Waals surface area contributed by atoms with Crippen molar-refractivity contribution < 1.29 is 9.53 Å². The largest absolute Gasteiger partial charge is 0.380 e. The lowest BCUT2D eigenvalue weighted by atomic mass is 10.2. The van der Waals surface area contributed by atoms with Crippen LogP contribution >= 0.6 is 11.3 Å². The van der Waals surface area contributed by atoms with Crippen molar-refractivity contribution in [2.24, 2.45) is 0 Å². The van der Waals surface area contributed by atoms with Gasteiger partial charge >= 0.3 is 0 Å².